The zero-order valence-corrected chi connectivity index (χ0v) is 17.5. The summed E-state index contributed by atoms with van der Waals surface area (Å²) in [7, 11) is 2.02. The summed E-state index contributed by atoms with van der Waals surface area (Å²) in [5.74, 6) is 0.402. The second-order valence-electron chi connectivity index (χ2n) is 8.13. The van der Waals surface area contributed by atoms with Crippen LogP contribution in [0, 0.1) is 19.8 Å². The molecule has 0 spiro atoms. The highest BCUT2D eigenvalue weighted by Crippen LogP contribution is 2.36. The highest BCUT2D eigenvalue weighted by molar-refractivity contribution is 5.65. The van der Waals surface area contributed by atoms with E-state index in [1.165, 1.54) is 16.7 Å². The molecule has 0 saturated heterocycles. The van der Waals surface area contributed by atoms with Gasteiger partial charge >= 0.3 is 0 Å². The molecule has 3 heteroatoms. The van der Waals surface area contributed by atoms with Gasteiger partial charge in [0.1, 0.15) is 12.7 Å². The van der Waals surface area contributed by atoms with E-state index in [1.807, 2.05) is 18.5 Å². The quantitative estimate of drug-likeness (QED) is 0.504. The van der Waals surface area contributed by atoms with Gasteiger partial charge in [-0.05, 0) is 54.5 Å². The van der Waals surface area contributed by atoms with Gasteiger partial charge in [-0.2, -0.15) is 8.96 Å². The fourth-order valence-corrected chi connectivity index (χ4v) is 3.89. The number of rotatable bonds is 4. The van der Waals surface area contributed by atoms with Gasteiger partial charge in [-0.3, -0.25) is 4.57 Å². The number of halogens is 1. The van der Waals surface area contributed by atoms with Gasteiger partial charge in [-0.1, -0.05) is 45.9 Å². The molecular weight excluding hydrogens is 335 g/mol. The average Bonchev–Trinajstić information content (AvgIpc) is 2.87. The van der Waals surface area contributed by atoms with Crippen LogP contribution in [0.3, 0.4) is 0 Å². The standard InChI is InChI=1S/C24H30FN2/c1-15(2)19-9-8-10-20(16(3)4)24(19)27-22(25)13-18(6)23(27)21-12-11-17(5)14-26(21)7/h8-16H,1-7H3/q+1. The van der Waals surface area contributed by atoms with Crippen molar-refractivity contribution in [3.8, 4) is 17.1 Å². The lowest BCUT2D eigenvalue weighted by Gasteiger charge is -2.22. The van der Waals surface area contributed by atoms with Crippen molar-refractivity contribution in [2.45, 2.75) is 53.4 Å². The molecule has 0 atom stereocenters. The maximum atomic E-state index is 15.3. The van der Waals surface area contributed by atoms with Crippen LogP contribution in [0.25, 0.3) is 17.1 Å². The molecule has 0 radical (unpaired) electrons. The van der Waals surface area contributed by atoms with Crippen molar-refractivity contribution in [1.29, 1.82) is 0 Å². The van der Waals surface area contributed by atoms with Gasteiger partial charge in [0.2, 0.25) is 5.69 Å². The number of hydrogen-bond acceptors (Lipinski definition) is 0. The molecule has 0 fully saturated rings. The fraction of sp³-hybridized carbons (Fsp3) is 0.375. The van der Waals surface area contributed by atoms with Gasteiger partial charge in [0, 0.05) is 11.6 Å². The maximum absolute atomic E-state index is 15.3. The Balaban J connectivity index is 2.41. The van der Waals surface area contributed by atoms with Gasteiger partial charge in [-0.15, -0.1) is 0 Å². The third-order valence-electron chi connectivity index (χ3n) is 5.24. The first-order chi connectivity index (χ1) is 12.7. The fourth-order valence-electron chi connectivity index (χ4n) is 3.89. The molecule has 0 aliphatic rings. The molecule has 0 bridgehead atoms. The first-order valence-electron chi connectivity index (χ1n) is 9.70. The van der Waals surface area contributed by atoms with E-state index in [1.54, 1.807) is 6.07 Å². The lowest BCUT2D eigenvalue weighted by atomic mass is 9.92. The zero-order valence-electron chi connectivity index (χ0n) is 17.5. The van der Waals surface area contributed by atoms with Crippen LogP contribution in [-0.2, 0) is 7.05 Å². The Labute approximate surface area is 162 Å². The minimum Gasteiger partial charge on any atom is -0.280 e. The summed E-state index contributed by atoms with van der Waals surface area (Å²) in [6, 6.07) is 12.2. The van der Waals surface area contributed by atoms with E-state index >= 15 is 4.39 Å². The van der Waals surface area contributed by atoms with Gasteiger partial charge in [-0.25, -0.2) is 0 Å². The molecule has 3 aromatic rings. The SMILES string of the molecule is Cc1ccc(-c2c(C)cc(F)n2-c2c(C(C)C)cccc2C(C)C)[n+](C)c1. The molecule has 0 amide bonds. The molecule has 142 valence electrons. The molecule has 3 rings (SSSR count). The van der Waals surface area contributed by atoms with Crippen LogP contribution in [-0.4, -0.2) is 4.57 Å². The Morgan fingerprint density at radius 1 is 0.926 bits per heavy atom. The zero-order chi connectivity index (χ0) is 19.9. The molecule has 2 heterocycles. The highest BCUT2D eigenvalue weighted by Gasteiger charge is 2.26. The molecule has 0 aliphatic carbocycles. The topological polar surface area (TPSA) is 8.81 Å². The third kappa shape index (κ3) is 3.43. The van der Waals surface area contributed by atoms with E-state index in [0.29, 0.717) is 11.8 Å². The van der Waals surface area contributed by atoms with Crippen LogP contribution in [0.4, 0.5) is 4.39 Å². The molecule has 27 heavy (non-hydrogen) atoms. The normalized spacial score (nSPS) is 11.6. The summed E-state index contributed by atoms with van der Waals surface area (Å²) >= 11 is 0. The molecule has 0 aliphatic heterocycles. The molecule has 2 aromatic heterocycles. The molecule has 1 aromatic carbocycles. The minimum atomic E-state index is -0.210. The number of pyridine rings is 1. The Morgan fingerprint density at radius 2 is 1.52 bits per heavy atom. The van der Waals surface area contributed by atoms with Gasteiger partial charge in [0.25, 0.3) is 0 Å². The Hall–Kier alpha value is -2.42. The van der Waals surface area contributed by atoms with Crippen molar-refractivity contribution in [2.75, 3.05) is 0 Å². The van der Waals surface area contributed by atoms with Crippen molar-refractivity contribution in [2.24, 2.45) is 7.05 Å². The number of aromatic nitrogens is 2. The van der Waals surface area contributed by atoms with Gasteiger partial charge < -0.3 is 0 Å². The van der Waals surface area contributed by atoms with Crippen molar-refractivity contribution in [3.05, 3.63) is 70.8 Å². The van der Waals surface area contributed by atoms with E-state index < -0.39 is 0 Å². The van der Waals surface area contributed by atoms with Crippen LogP contribution in [0.1, 0.15) is 61.8 Å². The van der Waals surface area contributed by atoms with E-state index in [9.17, 15) is 0 Å². The largest absolute Gasteiger partial charge is 0.280 e. The second-order valence-corrected chi connectivity index (χ2v) is 8.13. The van der Waals surface area contributed by atoms with Crippen LogP contribution in [0.2, 0.25) is 0 Å². The van der Waals surface area contributed by atoms with E-state index in [2.05, 4.69) is 75.7 Å². The van der Waals surface area contributed by atoms with Crippen molar-refractivity contribution in [1.82, 2.24) is 4.57 Å². The Kier molecular flexibility index (Phi) is 5.23. The first-order valence-corrected chi connectivity index (χ1v) is 9.70. The maximum Gasteiger partial charge on any atom is 0.229 e. The van der Waals surface area contributed by atoms with Crippen LogP contribution in [0.15, 0.2) is 42.6 Å². The lowest BCUT2D eigenvalue weighted by Crippen LogP contribution is -2.32. The number of benzene rings is 1. The van der Waals surface area contributed by atoms with Crippen LogP contribution < -0.4 is 4.57 Å². The molecule has 0 N–H and O–H groups in total. The average molecular weight is 366 g/mol. The molecular formula is C24H30FN2+. The van der Waals surface area contributed by atoms with E-state index in [-0.39, 0.29) is 5.95 Å². The highest BCUT2D eigenvalue weighted by atomic mass is 19.1. The van der Waals surface area contributed by atoms with E-state index in [0.717, 1.165) is 22.6 Å². The van der Waals surface area contributed by atoms with Gasteiger partial charge in [0.05, 0.1) is 5.69 Å². The van der Waals surface area contributed by atoms with Crippen molar-refractivity contribution < 1.29 is 8.96 Å². The summed E-state index contributed by atoms with van der Waals surface area (Å²) in [5.41, 5.74) is 7.39. The molecule has 0 saturated carbocycles. The second kappa shape index (κ2) is 7.30. The predicted octanol–water partition coefficient (Wildman–Crippen LogP) is 5.97. The number of aryl methyl sites for hydroxylation is 3. The molecule has 2 nitrogen and oxygen atoms in total. The smallest absolute Gasteiger partial charge is 0.229 e. The van der Waals surface area contributed by atoms with Crippen molar-refractivity contribution in [3.63, 3.8) is 0 Å². The van der Waals surface area contributed by atoms with Crippen molar-refractivity contribution >= 4 is 0 Å². The number of para-hydroxylation sites is 1. The first kappa shape index (κ1) is 19.3. The van der Waals surface area contributed by atoms with Crippen LogP contribution in [0.5, 0.6) is 0 Å². The van der Waals surface area contributed by atoms with Gasteiger partial charge in [0.15, 0.2) is 12.1 Å². The summed E-state index contributed by atoms with van der Waals surface area (Å²) in [6.45, 7) is 12.7. The minimum absolute atomic E-state index is 0.210. The summed E-state index contributed by atoms with van der Waals surface area (Å²) in [4.78, 5) is 0. The Morgan fingerprint density at radius 3 is 2.04 bits per heavy atom. The summed E-state index contributed by atoms with van der Waals surface area (Å²) < 4.78 is 19.2. The third-order valence-corrected chi connectivity index (χ3v) is 5.24. The van der Waals surface area contributed by atoms with Crippen LogP contribution >= 0.6 is 0 Å². The predicted molar refractivity (Wildman–Crippen MR) is 110 cm³/mol. The summed E-state index contributed by atoms with van der Waals surface area (Å²) in [5, 5.41) is 0. The summed E-state index contributed by atoms with van der Waals surface area (Å²) in [6.07, 6.45) is 2.09. The lowest BCUT2D eigenvalue weighted by molar-refractivity contribution is -0.661. The Bertz CT molecular complexity index is 954. The van der Waals surface area contributed by atoms with E-state index in [4.69, 9.17) is 0 Å². The number of nitrogens with zero attached hydrogens (tertiary/aromatic N) is 2. The monoisotopic (exact) mass is 365 g/mol. The molecule has 0 unspecified atom stereocenters. The number of hydrogen-bond donors (Lipinski definition) is 0.